The van der Waals surface area contributed by atoms with E-state index in [0.717, 1.165) is 70.0 Å². The van der Waals surface area contributed by atoms with Crippen LogP contribution in [0.3, 0.4) is 0 Å². The predicted molar refractivity (Wildman–Crippen MR) is 278 cm³/mol. The smallest absolute Gasteiger partial charge is 0.310 e. The summed E-state index contributed by atoms with van der Waals surface area (Å²) in [6.45, 7) is 26.2. The van der Waals surface area contributed by atoms with Crippen LogP contribution in [0.5, 0.6) is 0 Å². The summed E-state index contributed by atoms with van der Waals surface area (Å²) in [6, 6.07) is -0.298. The number of fused-ring (bicyclic) bond motifs is 8. The highest BCUT2D eigenvalue weighted by Gasteiger charge is 2.39. The number of carbonyl (C=O) groups excluding carboxylic acids is 3. The Morgan fingerprint density at radius 1 is 0.882 bits per heavy atom. The Hall–Kier alpha value is -5.03. The summed E-state index contributed by atoms with van der Waals surface area (Å²) in [4.78, 5) is 48.5. The molecular weight excluding hydrogens is 851 g/mol. The monoisotopic (exact) mass is 936 g/mol. The third-order valence-corrected chi connectivity index (χ3v) is 14.9. The quantitative estimate of drug-likeness (QED) is 0.0449. The molecule has 1 amide bonds. The van der Waals surface area contributed by atoms with E-state index in [4.69, 9.17) is 9.47 Å². The second kappa shape index (κ2) is 25.5. The Morgan fingerprint density at radius 2 is 1.57 bits per heavy atom. The lowest BCUT2D eigenvalue weighted by molar-refractivity contribution is -0.143. The molecule has 1 saturated heterocycles. The third kappa shape index (κ3) is 13.8. The largest absolute Gasteiger partial charge is 0.469 e. The SMILES string of the molecule is C=Cc1c(C)/c2[nH]/c1=C\C1N/C(=C\c3[nH]c(c(C(=O)NCCO)c3C)/C(CC(=O)OC)=C3\NC(\C=2)C(C)C3CCC(=O)OC/C=C(\C)CCCC(C)CCCC(C)CCCC(C)C)C(CC)=C1C. The van der Waals surface area contributed by atoms with Crippen molar-refractivity contribution in [3.8, 4) is 0 Å². The molecule has 0 spiro atoms. The van der Waals surface area contributed by atoms with Crippen LogP contribution in [0.15, 0.2) is 40.8 Å². The van der Waals surface area contributed by atoms with E-state index in [-0.39, 0.29) is 68.4 Å². The number of hydrogen-bond acceptors (Lipinski definition) is 8. The minimum absolute atomic E-state index is 0.0367. The lowest BCUT2D eigenvalue weighted by Crippen LogP contribution is -2.28. The second-order valence-corrected chi connectivity index (χ2v) is 20.5. The number of hydrogen-bond donors (Lipinski definition) is 6. The number of carbonyl (C=O) groups is 3. The summed E-state index contributed by atoms with van der Waals surface area (Å²) in [5, 5.41) is 22.1. The fourth-order valence-electron chi connectivity index (χ4n) is 10.6. The maximum Gasteiger partial charge on any atom is 0.310 e. The lowest BCUT2D eigenvalue weighted by Gasteiger charge is -2.20. The highest BCUT2D eigenvalue weighted by Crippen LogP contribution is 2.42. The second-order valence-electron chi connectivity index (χ2n) is 20.5. The molecule has 0 saturated carbocycles. The highest BCUT2D eigenvalue weighted by atomic mass is 16.5. The molecule has 6 N–H and O–H groups in total. The average Bonchev–Trinajstić information content (AvgIpc) is 3.98. The van der Waals surface area contributed by atoms with E-state index in [1.165, 1.54) is 68.8 Å². The number of H-pyrrole nitrogens is 2. The standard InChI is InChI=1S/C57H85N5O6/c1-13-42-38(8)46-31-48-40(10)44(24-25-52(64)68-29-26-37(7)23-17-22-36(6)21-16-20-35(5)19-15-18-34(3)4)55(61-48)45(30-53(65)67-12)56-54(57(66)58-27-28-63)41(11)49(62-56)33-51-43(14-2)39(9)47(60-51)32-50(42)59-46/h13,26,31-36,40,44,47-48,59-63H,1,14-25,27-30H2,2-12H3,(H,58,66)/b37-26+,46-31-,50-32-,51-33-,55-45-. The van der Waals surface area contributed by atoms with Crippen molar-refractivity contribution in [1.82, 2.24) is 25.9 Å². The minimum Gasteiger partial charge on any atom is -0.469 e. The van der Waals surface area contributed by atoms with Gasteiger partial charge in [-0.1, -0.05) is 105 Å². The maximum absolute atomic E-state index is 14.1. The van der Waals surface area contributed by atoms with Crippen LogP contribution >= 0.6 is 0 Å². The molecule has 0 aliphatic carbocycles. The number of aliphatic hydroxyl groups excluding tert-OH is 1. The molecule has 11 nitrogen and oxygen atoms in total. The highest BCUT2D eigenvalue weighted by molar-refractivity contribution is 6.03. The van der Waals surface area contributed by atoms with Crippen LogP contribution in [-0.4, -0.2) is 71.9 Å². The van der Waals surface area contributed by atoms with Gasteiger partial charge in [0.1, 0.15) is 6.61 Å². The number of amides is 1. The maximum atomic E-state index is 14.1. The van der Waals surface area contributed by atoms with Crippen LogP contribution in [-0.2, 0) is 19.1 Å². The summed E-state index contributed by atoms with van der Waals surface area (Å²) >= 11 is 0. The molecule has 1 fully saturated rings. The van der Waals surface area contributed by atoms with Gasteiger partial charge in [-0.3, -0.25) is 14.4 Å². The third-order valence-electron chi connectivity index (χ3n) is 14.9. The Morgan fingerprint density at radius 3 is 2.22 bits per heavy atom. The van der Waals surface area contributed by atoms with Crippen molar-refractivity contribution < 1.29 is 29.0 Å². The van der Waals surface area contributed by atoms with Gasteiger partial charge in [-0.2, -0.15) is 0 Å². The number of allylic oxidation sites excluding steroid dienone is 3. The van der Waals surface area contributed by atoms with E-state index in [9.17, 15) is 19.5 Å². The molecular formula is C57H85N5O6. The fraction of sp³-hybridized carbons (Fsp3) is 0.596. The summed E-state index contributed by atoms with van der Waals surface area (Å²) in [6.07, 6.45) is 23.0. The van der Waals surface area contributed by atoms with Crippen LogP contribution in [0.1, 0.15) is 177 Å². The fourth-order valence-corrected chi connectivity index (χ4v) is 10.6. The molecule has 8 bridgehead atoms. The van der Waals surface area contributed by atoms with Gasteiger partial charge in [-0.05, 0) is 124 Å². The van der Waals surface area contributed by atoms with Gasteiger partial charge in [0.15, 0.2) is 0 Å². The average molecular weight is 936 g/mol. The van der Waals surface area contributed by atoms with Crippen molar-refractivity contribution in [1.29, 1.82) is 0 Å². The van der Waals surface area contributed by atoms with Crippen molar-refractivity contribution in [3.63, 3.8) is 0 Å². The van der Waals surface area contributed by atoms with Gasteiger partial charge in [0.05, 0.1) is 37.4 Å². The van der Waals surface area contributed by atoms with Gasteiger partial charge in [-0.25, -0.2) is 0 Å². The number of rotatable bonds is 24. The number of aliphatic hydroxyl groups is 1. The molecule has 6 atom stereocenters. The number of esters is 2. The van der Waals surface area contributed by atoms with Crippen molar-refractivity contribution in [2.24, 2.45) is 29.6 Å². The summed E-state index contributed by atoms with van der Waals surface area (Å²) < 4.78 is 11.1. The molecule has 68 heavy (non-hydrogen) atoms. The molecule has 0 aromatic carbocycles. The number of aromatic amines is 2. The van der Waals surface area contributed by atoms with Crippen molar-refractivity contribution in [3.05, 3.63) is 85.1 Å². The van der Waals surface area contributed by atoms with Gasteiger partial charge >= 0.3 is 11.9 Å². The van der Waals surface area contributed by atoms with Gasteiger partial charge < -0.3 is 40.5 Å². The first kappa shape index (κ1) is 53.9. The Kier molecular flexibility index (Phi) is 20.3. The van der Waals surface area contributed by atoms with Gasteiger partial charge in [0, 0.05) is 63.8 Å². The topological polar surface area (TPSA) is 158 Å². The number of nitrogens with one attached hydrogen (secondary N) is 5. The normalized spacial score (nSPS) is 22.8. The predicted octanol–water partition coefficient (Wildman–Crippen LogP) is 9.85. The number of ether oxygens (including phenoxy) is 2. The van der Waals surface area contributed by atoms with Gasteiger partial charge in [0.2, 0.25) is 0 Å². The zero-order valence-corrected chi connectivity index (χ0v) is 43.4. The lowest BCUT2D eigenvalue weighted by atomic mass is 9.84. The van der Waals surface area contributed by atoms with Crippen LogP contribution < -0.4 is 26.6 Å². The first-order valence-electron chi connectivity index (χ1n) is 25.7. The number of methoxy groups -OCH3 is 1. The zero-order chi connectivity index (χ0) is 49.7. The van der Waals surface area contributed by atoms with Gasteiger partial charge in [-0.15, -0.1) is 0 Å². The Bertz CT molecular complexity index is 2360. The number of aromatic nitrogens is 2. The van der Waals surface area contributed by atoms with E-state index < -0.39 is 5.97 Å². The molecule has 6 unspecified atom stereocenters. The summed E-state index contributed by atoms with van der Waals surface area (Å²) in [5.41, 5.74) is 10.3. The van der Waals surface area contributed by atoms with E-state index in [1.807, 2.05) is 25.2 Å². The molecule has 3 aliphatic heterocycles. The molecule has 11 heteroatoms. The Labute approximate surface area is 407 Å². The van der Waals surface area contributed by atoms with Crippen LogP contribution in [0.2, 0.25) is 0 Å². The van der Waals surface area contributed by atoms with E-state index in [1.54, 1.807) is 0 Å². The molecule has 2 aromatic rings. The Balaban J connectivity index is 1.42. The summed E-state index contributed by atoms with van der Waals surface area (Å²) in [5.74, 6) is 0.944. The molecule has 5 heterocycles. The summed E-state index contributed by atoms with van der Waals surface area (Å²) in [7, 11) is 1.36. The van der Waals surface area contributed by atoms with Crippen molar-refractivity contribution in [2.45, 2.75) is 165 Å². The van der Waals surface area contributed by atoms with Crippen LogP contribution in [0.25, 0.3) is 29.9 Å². The molecule has 374 valence electrons. The first-order chi connectivity index (χ1) is 32.5. The molecule has 0 radical (unpaired) electrons. The van der Waals surface area contributed by atoms with Crippen molar-refractivity contribution in [2.75, 3.05) is 26.9 Å². The molecule has 3 aliphatic rings. The zero-order valence-electron chi connectivity index (χ0n) is 43.4. The molecule has 5 rings (SSSR count). The van der Waals surface area contributed by atoms with Crippen LogP contribution in [0, 0.1) is 43.4 Å². The van der Waals surface area contributed by atoms with E-state index in [2.05, 4.69) is 107 Å². The van der Waals surface area contributed by atoms with E-state index in [0.29, 0.717) is 34.7 Å². The van der Waals surface area contributed by atoms with Crippen LogP contribution in [0.4, 0.5) is 0 Å². The van der Waals surface area contributed by atoms with Crippen molar-refractivity contribution >= 4 is 47.7 Å². The van der Waals surface area contributed by atoms with E-state index >= 15 is 0 Å². The molecule has 2 aromatic heterocycles. The minimum atomic E-state index is -0.465. The first-order valence-corrected chi connectivity index (χ1v) is 25.7. The van der Waals surface area contributed by atoms with Gasteiger partial charge in [0.25, 0.3) is 5.91 Å².